The Hall–Kier alpha value is -0.960. The molecule has 2 N–H and O–H groups in total. The molecule has 0 spiro atoms. The van der Waals surface area contributed by atoms with E-state index >= 15 is 0 Å². The smallest absolute Gasteiger partial charge is 0.241 e. The summed E-state index contributed by atoms with van der Waals surface area (Å²) in [7, 11) is -7.20. The van der Waals surface area contributed by atoms with E-state index in [1.807, 2.05) is 0 Å². The van der Waals surface area contributed by atoms with Crippen molar-refractivity contribution in [1.29, 1.82) is 0 Å². The molecule has 0 aliphatic rings. The summed E-state index contributed by atoms with van der Waals surface area (Å²) in [5, 5.41) is 9.53. The number of sulfone groups is 1. The first-order valence-electron chi connectivity index (χ1n) is 5.88. The molecule has 0 aromatic heterocycles. The maximum absolute atomic E-state index is 12.1. The largest absolute Gasteiger partial charge is 0.391 e. The number of nitrogens with one attached hydrogen (secondary N) is 1. The summed E-state index contributed by atoms with van der Waals surface area (Å²) in [5.41, 5.74) is -1.03. The van der Waals surface area contributed by atoms with E-state index in [1.165, 1.54) is 31.2 Å². The Morgan fingerprint density at radius 1 is 1.05 bits per heavy atom. The second-order valence-corrected chi connectivity index (χ2v) is 8.94. The Balaban J connectivity index is 3.12. The molecular formula is C12H19NO5S2. The van der Waals surface area contributed by atoms with Crippen LogP contribution in [0.4, 0.5) is 0 Å². The quantitative estimate of drug-likeness (QED) is 0.824. The molecule has 114 valence electrons. The van der Waals surface area contributed by atoms with Crippen molar-refractivity contribution < 1.29 is 21.9 Å². The number of rotatable bonds is 5. The van der Waals surface area contributed by atoms with Gasteiger partial charge in [0.05, 0.1) is 21.4 Å². The van der Waals surface area contributed by atoms with E-state index in [4.69, 9.17) is 0 Å². The van der Waals surface area contributed by atoms with E-state index in [2.05, 4.69) is 4.72 Å². The van der Waals surface area contributed by atoms with Crippen LogP contribution in [-0.2, 0) is 19.9 Å². The second kappa shape index (κ2) is 5.44. The third kappa shape index (κ3) is 4.02. The van der Waals surface area contributed by atoms with Gasteiger partial charge in [0.1, 0.15) is 0 Å². The van der Waals surface area contributed by atoms with Crippen LogP contribution in [-0.4, -0.2) is 39.8 Å². The summed E-state index contributed by atoms with van der Waals surface area (Å²) in [6, 6.07) is 4.91. The highest BCUT2D eigenvalue weighted by molar-refractivity contribution is 7.90. The van der Waals surface area contributed by atoms with Crippen LogP contribution in [0.15, 0.2) is 34.1 Å². The molecule has 0 aliphatic heterocycles. The SMILES string of the molecule is CC(O)C(C)(C)NS(=O)(=O)c1ccc(S(C)(=O)=O)cc1. The molecule has 6 nitrogen and oxygen atoms in total. The summed E-state index contributed by atoms with van der Waals surface area (Å²) >= 11 is 0. The van der Waals surface area contributed by atoms with Crippen molar-refractivity contribution in [3.63, 3.8) is 0 Å². The maximum atomic E-state index is 12.1. The zero-order chi connectivity index (χ0) is 15.8. The molecule has 1 rings (SSSR count). The van der Waals surface area contributed by atoms with Crippen LogP contribution in [0, 0.1) is 0 Å². The topological polar surface area (TPSA) is 101 Å². The summed E-state index contributed by atoms with van der Waals surface area (Å²) in [4.78, 5) is -0.00939. The molecular weight excluding hydrogens is 302 g/mol. The predicted molar refractivity (Wildman–Crippen MR) is 75.6 cm³/mol. The zero-order valence-electron chi connectivity index (χ0n) is 11.8. The zero-order valence-corrected chi connectivity index (χ0v) is 13.4. The standard InChI is InChI=1S/C12H19NO5S2/c1-9(14)12(2,3)13-20(17,18)11-7-5-10(6-8-11)19(4,15)16/h5-9,13-14H,1-4H3. The van der Waals surface area contributed by atoms with Gasteiger partial charge in [0, 0.05) is 6.26 Å². The maximum Gasteiger partial charge on any atom is 0.241 e. The number of benzene rings is 1. The van der Waals surface area contributed by atoms with Crippen LogP contribution < -0.4 is 4.72 Å². The molecule has 20 heavy (non-hydrogen) atoms. The first kappa shape index (κ1) is 17.1. The van der Waals surface area contributed by atoms with Gasteiger partial charge < -0.3 is 5.11 Å². The van der Waals surface area contributed by atoms with Gasteiger partial charge >= 0.3 is 0 Å². The van der Waals surface area contributed by atoms with Crippen molar-refractivity contribution in [3.8, 4) is 0 Å². The van der Waals surface area contributed by atoms with Gasteiger partial charge in [-0.05, 0) is 45.0 Å². The molecule has 1 aromatic rings. The lowest BCUT2D eigenvalue weighted by Crippen LogP contribution is -2.50. The Labute approximate surface area is 119 Å². The normalized spacial score (nSPS) is 15.1. The van der Waals surface area contributed by atoms with Crippen LogP contribution >= 0.6 is 0 Å². The summed E-state index contributed by atoms with van der Waals surface area (Å²) < 4.78 is 49.3. The molecule has 0 saturated heterocycles. The highest BCUT2D eigenvalue weighted by Gasteiger charge is 2.30. The lowest BCUT2D eigenvalue weighted by molar-refractivity contribution is 0.111. The number of aliphatic hydroxyl groups is 1. The molecule has 0 bridgehead atoms. The molecule has 0 amide bonds. The molecule has 0 heterocycles. The van der Waals surface area contributed by atoms with E-state index < -0.39 is 31.5 Å². The molecule has 8 heteroatoms. The van der Waals surface area contributed by atoms with Crippen molar-refractivity contribution in [2.75, 3.05) is 6.26 Å². The van der Waals surface area contributed by atoms with Gasteiger partial charge in [0.2, 0.25) is 10.0 Å². The third-order valence-electron chi connectivity index (χ3n) is 3.00. The van der Waals surface area contributed by atoms with Gasteiger partial charge in [-0.3, -0.25) is 0 Å². The van der Waals surface area contributed by atoms with Crippen molar-refractivity contribution >= 4 is 19.9 Å². The van der Waals surface area contributed by atoms with Crippen molar-refractivity contribution in [2.24, 2.45) is 0 Å². The Morgan fingerprint density at radius 3 is 1.80 bits per heavy atom. The molecule has 1 aromatic carbocycles. The van der Waals surface area contributed by atoms with E-state index in [9.17, 15) is 21.9 Å². The fourth-order valence-corrected chi connectivity index (χ4v) is 3.46. The molecule has 0 radical (unpaired) electrons. The lowest BCUT2D eigenvalue weighted by atomic mass is 10.0. The first-order valence-corrected chi connectivity index (χ1v) is 9.26. The van der Waals surface area contributed by atoms with Crippen LogP contribution in [0.2, 0.25) is 0 Å². The average Bonchev–Trinajstić information content (AvgIpc) is 2.26. The van der Waals surface area contributed by atoms with Crippen molar-refractivity contribution in [3.05, 3.63) is 24.3 Å². The minimum atomic E-state index is -3.83. The van der Waals surface area contributed by atoms with Gasteiger partial charge in [-0.15, -0.1) is 0 Å². The third-order valence-corrected chi connectivity index (χ3v) is 5.82. The highest BCUT2D eigenvalue weighted by Crippen LogP contribution is 2.18. The number of sulfonamides is 1. The first-order chi connectivity index (χ1) is 8.86. The number of aliphatic hydroxyl groups excluding tert-OH is 1. The van der Waals surface area contributed by atoms with E-state index in [1.54, 1.807) is 13.8 Å². The van der Waals surface area contributed by atoms with E-state index in [0.717, 1.165) is 6.26 Å². The molecule has 0 fully saturated rings. The summed E-state index contributed by atoms with van der Waals surface area (Å²) in [6.45, 7) is 4.59. The Bertz CT molecular complexity index is 673. The lowest BCUT2D eigenvalue weighted by Gasteiger charge is -2.28. The summed E-state index contributed by atoms with van der Waals surface area (Å²) in [6.07, 6.45) is 0.165. The van der Waals surface area contributed by atoms with Gasteiger partial charge in [0.15, 0.2) is 9.84 Å². The monoisotopic (exact) mass is 321 g/mol. The highest BCUT2D eigenvalue weighted by atomic mass is 32.2. The second-order valence-electron chi connectivity index (χ2n) is 5.25. The number of hydrogen-bond acceptors (Lipinski definition) is 5. The van der Waals surface area contributed by atoms with Crippen molar-refractivity contribution in [2.45, 2.75) is 42.2 Å². The van der Waals surface area contributed by atoms with Gasteiger partial charge in [-0.25, -0.2) is 21.6 Å². The molecule has 1 atom stereocenters. The van der Waals surface area contributed by atoms with Gasteiger partial charge in [-0.2, -0.15) is 0 Å². The fourth-order valence-electron chi connectivity index (χ4n) is 1.36. The average molecular weight is 321 g/mol. The molecule has 0 saturated carbocycles. The van der Waals surface area contributed by atoms with Gasteiger partial charge in [-0.1, -0.05) is 0 Å². The van der Waals surface area contributed by atoms with Crippen LogP contribution in [0.5, 0.6) is 0 Å². The predicted octanol–water partition coefficient (Wildman–Crippen LogP) is 0.528. The number of hydrogen-bond donors (Lipinski definition) is 2. The van der Waals surface area contributed by atoms with Crippen LogP contribution in [0.25, 0.3) is 0 Å². The Morgan fingerprint density at radius 2 is 1.45 bits per heavy atom. The fraction of sp³-hybridized carbons (Fsp3) is 0.500. The van der Waals surface area contributed by atoms with Crippen LogP contribution in [0.1, 0.15) is 20.8 Å². The summed E-state index contributed by atoms with van der Waals surface area (Å²) in [5.74, 6) is 0. The molecule has 1 unspecified atom stereocenters. The minimum Gasteiger partial charge on any atom is -0.391 e. The van der Waals surface area contributed by atoms with Crippen molar-refractivity contribution in [1.82, 2.24) is 4.72 Å². The van der Waals surface area contributed by atoms with Gasteiger partial charge in [0.25, 0.3) is 0 Å². The minimum absolute atomic E-state index is 0.0474. The van der Waals surface area contributed by atoms with Crippen LogP contribution in [0.3, 0.4) is 0 Å². The van der Waals surface area contributed by atoms with E-state index in [-0.39, 0.29) is 9.79 Å². The molecule has 0 aliphatic carbocycles. The van der Waals surface area contributed by atoms with E-state index in [0.29, 0.717) is 0 Å². The Kier molecular flexibility index (Phi) is 4.65.